The van der Waals surface area contributed by atoms with Gasteiger partial charge in [0.15, 0.2) is 0 Å². The van der Waals surface area contributed by atoms with Gasteiger partial charge in [0, 0.05) is 21.9 Å². The van der Waals surface area contributed by atoms with E-state index in [-0.39, 0.29) is 18.5 Å². The molecule has 0 radical (unpaired) electrons. The Kier molecular flexibility index (Phi) is 8.12. The lowest BCUT2D eigenvalue weighted by Crippen LogP contribution is -2.16. The first-order valence-electron chi connectivity index (χ1n) is 13.3. The monoisotopic (exact) mass is 544 g/mol. The highest BCUT2D eigenvalue weighted by Crippen LogP contribution is 2.39. The van der Waals surface area contributed by atoms with Crippen LogP contribution in [0.25, 0.3) is 22.2 Å². The zero-order valence-electron chi connectivity index (χ0n) is 22.5. The lowest BCUT2D eigenvalue weighted by Gasteiger charge is -2.14. The van der Waals surface area contributed by atoms with E-state index in [9.17, 15) is 9.59 Å². The molecule has 0 saturated carbocycles. The van der Waals surface area contributed by atoms with Crippen LogP contribution in [0.2, 0.25) is 0 Å². The fraction of sp³-hybridized carbons (Fsp3) is 0.323. The fourth-order valence-corrected chi connectivity index (χ4v) is 6.38. The Bertz CT molecular complexity index is 1530. The van der Waals surface area contributed by atoms with E-state index in [1.165, 1.54) is 17.8 Å². The molecule has 2 heterocycles. The van der Waals surface area contributed by atoms with Crippen LogP contribution in [0.1, 0.15) is 63.8 Å². The highest BCUT2D eigenvalue weighted by Gasteiger charge is 2.27. The van der Waals surface area contributed by atoms with Gasteiger partial charge in [0.2, 0.25) is 0 Å². The molecular formula is C31H32N2O5S. The van der Waals surface area contributed by atoms with Gasteiger partial charge in [-0.1, -0.05) is 31.0 Å². The summed E-state index contributed by atoms with van der Waals surface area (Å²) in [5, 5.41) is 4.35. The number of carbonyl (C=O) groups is 2. The molecule has 2 aromatic carbocycles. The summed E-state index contributed by atoms with van der Waals surface area (Å²) in [5.74, 6) is 0.566. The second kappa shape index (κ2) is 11.9. The summed E-state index contributed by atoms with van der Waals surface area (Å²) in [7, 11) is 3.19. The molecule has 4 aromatic rings. The van der Waals surface area contributed by atoms with Crippen molar-refractivity contribution in [3.05, 3.63) is 70.1 Å². The minimum Gasteiger partial charge on any atom is -0.497 e. The van der Waals surface area contributed by atoms with Crippen molar-refractivity contribution in [3.8, 4) is 22.8 Å². The number of methoxy groups -OCH3 is 2. The smallest absolute Gasteiger partial charge is 0.341 e. The number of thiophene rings is 1. The number of pyridine rings is 1. The Labute approximate surface area is 232 Å². The van der Waals surface area contributed by atoms with E-state index in [1.54, 1.807) is 33.3 Å². The first kappa shape index (κ1) is 26.7. The Morgan fingerprint density at radius 3 is 2.54 bits per heavy atom. The van der Waals surface area contributed by atoms with E-state index in [0.29, 0.717) is 38.8 Å². The molecule has 5 rings (SSSR count). The molecule has 0 fully saturated rings. The fourth-order valence-electron chi connectivity index (χ4n) is 5.11. The molecule has 202 valence electrons. The van der Waals surface area contributed by atoms with Crippen LogP contribution < -0.4 is 14.8 Å². The van der Waals surface area contributed by atoms with Crippen molar-refractivity contribution in [2.24, 2.45) is 0 Å². The highest BCUT2D eigenvalue weighted by atomic mass is 32.1. The lowest BCUT2D eigenvalue weighted by molar-refractivity contribution is 0.0526. The number of benzene rings is 2. The molecular weight excluding hydrogens is 512 g/mol. The zero-order chi connectivity index (χ0) is 27.4. The molecule has 0 saturated heterocycles. The van der Waals surface area contributed by atoms with Gasteiger partial charge in [-0.3, -0.25) is 4.79 Å². The number of carbonyl (C=O) groups excluding carboxylic acids is 2. The highest BCUT2D eigenvalue weighted by molar-refractivity contribution is 7.17. The maximum absolute atomic E-state index is 13.9. The predicted molar refractivity (Wildman–Crippen MR) is 154 cm³/mol. The second-order valence-electron chi connectivity index (χ2n) is 9.44. The van der Waals surface area contributed by atoms with Gasteiger partial charge in [0.05, 0.1) is 43.2 Å². The first-order valence-corrected chi connectivity index (χ1v) is 14.1. The van der Waals surface area contributed by atoms with Crippen LogP contribution in [0.15, 0.2) is 48.5 Å². The number of nitrogens with zero attached hydrogens (tertiary/aromatic N) is 1. The summed E-state index contributed by atoms with van der Waals surface area (Å²) in [6.07, 6.45) is 6.13. The predicted octanol–water partition coefficient (Wildman–Crippen LogP) is 7.07. The maximum Gasteiger partial charge on any atom is 0.341 e. The van der Waals surface area contributed by atoms with Crippen LogP contribution in [-0.4, -0.2) is 37.7 Å². The molecule has 1 amide bonds. The largest absolute Gasteiger partial charge is 0.497 e. The van der Waals surface area contributed by atoms with Gasteiger partial charge in [-0.25, -0.2) is 9.78 Å². The Morgan fingerprint density at radius 2 is 1.77 bits per heavy atom. The standard InChI is InChI=1S/C31H32N2O5S/c1-4-38-31(35)28-22-12-7-5-6-8-14-27(22)39-30(28)33-29(34)23-18-25(32-24-13-10-9-11-20(23)24)21-16-15-19(36-2)17-26(21)37-3/h9-11,13,15-18H,4-8,12,14H2,1-3H3,(H,33,34). The Morgan fingerprint density at radius 1 is 0.974 bits per heavy atom. The summed E-state index contributed by atoms with van der Waals surface area (Å²) >= 11 is 1.50. The molecule has 2 aromatic heterocycles. The molecule has 0 bridgehead atoms. The van der Waals surface area contributed by atoms with Crippen LogP contribution in [0.5, 0.6) is 11.5 Å². The van der Waals surface area contributed by atoms with E-state index in [4.69, 9.17) is 19.2 Å². The number of nitrogens with one attached hydrogen (secondary N) is 1. The normalized spacial score (nSPS) is 13.2. The van der Waals surface area contributed by atoms with Crippen LogP contribution in [0, 0.1) is 0 Å². The number of anilines is 1. The van der Waals surface area contributed by atoms with Crippen molar-refractivity contribution < 1.29 is 23.8 Å². The molecule has 1 aliphatic rings. The first-order chi connectivity index (χ1) is 19.0. The van der Waals surface area contributed by atoms with Crippen LogP contribution in [-0.2, 0) is 17.6 Å². The molecule has 0 aliphatic heterocycles. The lowest BCUT2D eigenvalue weighted by atomic mass is 9.96. The SMILES string of the molecule is CCOC(=O)c1c(NC(=O)c2cc(-c3ccc(OC)cc3OC)nc3ccccc23)sc2c1CCCCCC2. The van der Waals surface area contributed by atoms with Crippen LogP contribution in [0.4, 0.5) is 5.00 Å². The molecule has 0 atom stereocenters. The van der Waals surface area contributed by atoms with Crippen LogP contribution >= 0.6 is 11.3 Å². The molecule has 1 aliphatic carbocycles. The van der Waals surface area contributed by atoms with E-state index in [0.717, 1.165) is 53.5 Å². The van der Waals surface area contributed by atoms with Crippen molar-refractivity contribution >= 4 is 39.1 Å². The number of para-hydroxylation sites is 1. The summed E-state index contributed by atoms with van der Waals surface area (Å²) in [4.78, 5) is 33.0. The van der Waals surface area contributed by atoms with E-state index < -0.39 is 0 Å². The number of aryl methyl sites for hydroxylation is 1. The third-order valence-electron chi connectivity index (χ3n) is 7.02. The van der Waals surface area contributed by atoms with E-state index >= 15 is 0 Å². The summed E-state index contributed by atoms with van der Waals surface area (Å²) in [6, 6.07) is 14.8. The van der Waals surface area contributed by atoms with Crippen molar-refractivity contribution in [2.75, 3.05) is 26.1 Å². The number of rotatable bonds is 7. The van der Waals surface area contributed by atoms with Gasteiger partial charge >= 0.3 is 5.97 Å². The third kappa shape index (κ3) is 5.47. The molecule has 1 N–H and O–H groups in total. The number of ether oxygens (including phenoxy) is 3. The quantitative estimate of drug-likeness (QED) is 0.251. The average molecular weight is 545 g/mol. The second-order valence-corrected chi connectivity index (χ2v) is 10.5. The molecule has 7 nitrogen and oxygen atoms in total. The molecule has 0 unspecified atom stereocenters. The zero-order valence-corrected chi connectivity index (χ0v) is 23.3. The van der Waals surface area contributed by atoms with Crippen molar-refractivity contribution in [1.29, 1.82) is 0 Å². The summed E-state index contributed by atoms with van der Waals surface area (Å²) < 4.78 is 16.4. The number of hydrogen-bond donors (Lipinski definition) is 1. The van der Waals surface area contributed by atoms with Crippen molar-refractivity contribution in [1.82, 2.24) is 4.98 Å². The average Bonchev–Trinajstić information content (AvgIpc) is 3.27. The molecule has 0 spiro atoms. The van der Waals surface area contributed by atoms with Gasteiger partial charge < -0.3 is 19.5 Å². The maximum atomic E-state index is 13.9. The van der Waals surface area contributed by atoms with Crippen LogP contribution in [0.3, 0.4) is 0 Å². The minimum atomic E-state index is -0.380. The topological polar surface area (TPSA) is 86.8 Å². The Hall–Kier alpha value is -3.91. The van der Waals surface area contributed by atoms with Gasteiger partial charge in [-0.05, 0) is 62.4 Å². The number of amides is 1. The number of hydrogen-bond acceptors (Lipinski definition) is 7. The van der Waals surface area contributed by atoms with Crippen molar-refractivity contribution in [3.63, 3.8) is 0 Å². The molecule has 39 heavy (non-hydrogen) atoms. The number of aromatic nitrogens is 1. The van der Waals surface area contributed by atoms with Gasteiger partial charge in [0.1, 0.15) is 16.5 Å². The minimum absolute atomic E-state index is 0.277. The number of esters is 1. The van der Waals surface area contributed by atoms with E-state index in [1.807, 2.05) is 36.4 Å². The summed E-state index contributed by atoms with van der Waals surface area (Å²) in [6.45, 7) is 2.07. The Balaban J connectivity index is 1.59. The third-order valence-corrected chi connectivity index (χ3v) is 8.23. The van der Waals surface area contributed by atoms with Gasteiger partial charge in [-0.2, -0.15) is 0 Å². The van der Waals surface area contributed by atoms with Gasteiger partial charge in [0.25, 0.3) is 5.91 Å². The number of fused-ring (bicyclic) bond motifs is 2. The van der Waals surface area contributed by atoms with Gasteiger partial charge in [-0.15, -0.1) is 11.3 Å². The van der Waals surface area contributed by atoms with E-state index in [2.05, 4.69) is 5.32 Å². The van der Waals surface area contributed by atoms with Crippen molar-refractivity contribution in [2.45, 2.75) is 45.4 Å². The summed E-state index contributed by atoms with van der Waals surface area (Å²) in [5.41, 5.74) is 4.01. The molecule has 8 heteroatoms.